The summed E-state index contributed by atoms with van der Waals surface area (Å²) in [5, 5.41) is 13.5. The number of rotatable bonds is 10. The molecule has 0 aliphatic heterocycles. The minimum Gasteiger partial charge on any atom is -0.394 e. The maximum Gasteiger partial charge on any atom is 0.243 e. The molecule has 4 amide bonds. The molecule has 3 unspecified atom stereocenters. The Kier molecular flexibility index (Phi) is 8.19. The van der Waals surface area contributed by atoms with Crippen molar-refractivity contribution in [3.8, 4) is 0 Å². The number of nitrogens with two attached hydrogens (primary N) is 3. The van der Waals surface area contributed by atoms with Gasteiger partial charge in [0.2, 0.25) is 23.6 Å². The van der Waals surface area contributed by atoms with Crippen LogP contribution in [0.4, 0.5) is 0 Å². The zero-order valence-corrected chi connectivity index (χ0v) is 14.1. The van der Waals surface area contributed by atoms with Gasteiger partial charge in [-0.1, -0.05) is 30.3 Å². The van der Waals surface area contributed by atoms with E-state index in [9.17, 15) is 19.2 Å². The summed E-state index contributed by atoms with van der Waals surface area (Å²) < 4.78 is 0. The lowest BCUT2D eigenvalue weighted by Gasteiger charge is -2.22. The molecule has 10 nitrogen and oxygen atoms in total. The van der Waals surface area contributed by atoms with E-state index in [2.05, 4.69) is 10.6 Å². The summed E-state index contributed by atoms with van der Waals surface area (Å²) in [6, 6.07) is 5.16. The number of carbonyl (C=O) groups excluding carboxylic acids is 4. The summed E-state index contributed by atoms with van der Waals surface area (Å²) in [6.07, 6.45) is -0.373. The normalized spacial score (nSPS) is 13.9. The predicted molar refractivity (Wildman–Crippen MR) is 92.1 cm³/mol. The second kappa shape index (κ2) is 10.1. The maximum absolute atomic E-state index is 12.4. The maximum atomic E-state index is 12.4. The predicted octanol–water partition coefficient (Wildman–Crippen LogP) is -3.12. The van der Waals surface area contributed by atoms with Gasteiger partial charge in [0, 0.05) is 6.42 Å². The number of hydrogen-bond acceptors (Lipinski definition) is 6. The second-order valence-electron chi connectivity index (χ2n) is 5.67. The Morgan fingerprint density at radius 2 is 1.54 bits per heavy atom. The molecule has 0 aromatic heterocycles. The molecule has 0 radical (unpaired) electrons. The molecular formula is C16H23N5O5. The topological polar surface area (TPSA) is 191 Å². The molecule has 1 aromatic rings. The molecule has 142 valence electrons. The van der Waals surface area contributed by atoms with Crippen molar-refractivity contribution in [3.05, 3.63) is 35.9 Å². The first-order valence-corrected chi connectivity index (χ1v) is 7.83. The highest BCUT2D eigenvalue weighted by Gasteiger charge is 2.28. The van der Waals surface area contributed by atoms with E-state index < -0.39 is 54.8 Å². The summed E-state index contributed by atoms with van der Waals surface area (Å²) in [7, 11) is 0. The lowest BCUT2D eigenvalue weighted by molar-refractivity contribution is -0.133. The molecule has 9 N–H and O–H groups in total. The van der Waals surface area contributed by atoms with Crippen molar-refractivity contribution in [2.24, 2.45) is 17.2 Å². The largest absolute Gasteiger partial charge is 0.394 e. The summed E-state index contributed by atoms with van der Waals surface area (Å²) >= 11 is 0. The molecule has 0 aliphatic carbocycles. The van der Waals surface area contributed by atoms with Crippen molar-refractivity contribution in [2.45, 2.75) is 31.0 Å². The van der Waals surface area contributed by atoms with Crippen molar-refractivity contribution in [3.63, 3.8) is 0 Å². The van der Waals surface area contributed by atoms with Crippen LogP contribution in [-0.2, 0) is 25.6 Å². The Morgan fingerprint density at radius 3 is 2.04 bits per heavy atom. The zero-order chi connectivity index (χ0) is 19.7. The summed E-state index contributed by atoms with van der Waals surface area (Å²) in [5.41, 5.74) is 16.5. The fourth-order valence-electron chi connectivity index (χ4n) is 2.12. The number of hydrogen-bond donors (Lipinski definition) is 6. The van der Waals surface area contributed by atoms with Crippen molar-refractivity contribution in [1.82, 2.24) is 10.6 Å². The average Bonchev–Trinajstić information content (AvgIpc) is 2.60. The fraction of sp³-hybridized carbons (Fsp3) is 0.375. The van der Waals surface area contributed by atoms with Crippen molar-refractivity contribution in [2.75, 3.05) is 6.61 Å². The number of aliphatic hydroxyl groups excluding tert-OH is 1. The van der Waals surface area contributed by atoms with E-state index in [4.69, 9.17) is 22.3 Å². The highest BCUT2D eigenvalue weighted by Crippen LogP contribution is 2.04. The summed E-state index contributed by atoms with van der Waals surface area (Å²) in [4.78, 5) is 46.9. The van der Waals surface area contributed by atoms with E-state index in [0.717, 1.165) is 5.56 Å². The molecule has 0 fully saturated rings. The monoisotopic (exact) mass is 365 g/mol. The number of primary amides is 2. The van der Waals surface area contributed by atoms with Crippen molar-refractivity contribution >= 4 is 23.6 Å². The molecule has 26 heavy (non-hydrogen) atoms. The lowest BCUT2D eigenvalue weighted by atomic mass is 10.0. The van der Waals surface area contributed by atoms with Crippen LogP contribution in [0.5, 0.6) is 0 Å². The molecule has 3 atom stereocenters. The van der Waals surface area contributed by atoms with Crippen LogP contribution in [0.15, 0.2) is 30.3 Å². The van der Waals surface area contributed by atoms with Gasteiger partial charge in [-0.05, 0) is 5.56 Å². The van der Waals surface area contributed by atoms with Gasteiger partial charge in [0.25, 0.3) is 0 Å². The Balaban J connectivity index is 2.85. The molecule has 0 bridgehead atoms. The molecule has 1 aromatic carbocycles. The van der Waals surface area contributed by atoms with Crippen LogP contribution in [0, 0.1) is 0 Å². The Labute approximate surface area is 150 Å². The minimum atomic E-state index is -1.35. The number of benzene rings is 1. The molecule has 1 rings (SSSR count). The number of carbonyl (C=O) groups is 4. The van der Waals surface area contributed by atoms with Crippen LogP contribution in [-0.4, -0.2) is 53.5 Å². The van der Waals surface area contributed by atoms with Crippen molar-refractivity contribution < 1.29 is 24.3 Å². The van der Waals surface area contributed by atoms with E-state index in [1.165, 1.54) is 0 Å². The van der Waals surface area contributed by atoms with Crippen LogP contribution in [0.1, 0.15) is 12.0 Å². The molecule has 0 spiro atoms. The Bertz CT molecular complexity index is 652. The van der Waals surface area contributed by atoms with Gasteiger partial charge in [0.1, 0.15) is 18.1 Å². The second-order valence-corrected chi connectivity index (χ2v) is 5.67. The minimum absolute atomic E-state index is 0.134. The average molecular weight is 365 g/mol. The third-order valence-electron chi connectivity index (χ3n) is 3.51. The van der Waals surface area contributed by atoms with E-state index >= 15 is 0 Å². The highest BCUT2D eigenvalue weighted by atomic mass is 16.3. The molecule has 0 heterocycles. The van der Waals surface area contributed by atoms with E-state index in [0.29, 0.717) is 0 Å². The van der Waals surface area contributed by atoms with Crippen LogP contribution >= 0.6 is 0 Å². The number of aliphatic hydroxyl groups is 1. The fourth-order valence-corrected chi connectivity index (χ4v) is 2.12. The van der Waals surface area contributed by atoms with Gasteiger partial charge >= 0.3 is 0 Å². The van der Waals surface area contributed by atoms with Gasteiger partial charge in [0.15, 0.2) is 0 Å². The first-order valence-electron chi connectivity index (χ1n) is 7.83. The van der Waals surface area contributed by atoms with Gasteiger partial charge in [-0.25, -0.2) is 0 Å². The van der Waals surface area contributed by atoms with Gasteiger partial charge < -0.3 is 32.9 Å². The smallest absolute Gasteiger partial charge is 0.243 e. The van der Waals surface area contributed by atoms with E-state index in [1.807, 2.05) is 0 Å². The quantitative estimate of drug-likeness (QED) is 0.254. The Hall–Kier alpha value is -2.98. The SMILES string of the molecule is NC(=O)CC(NC(=O)C(N)CO)C(=O)NC(Cc1ccccc1)C(N)=O. The molecule has 10 heteroatoms. The van der Waals surface area contributed by atoms with Gasteiger partial charge in [-0.15, -0.1) is 0 Å². The Morgan fingerprint density at radius 1 is 0.962 bits per heavy atom. The van der Waals surface area contributed by atoms with E-state index in [-0.39, 0.29) is 6.42 Å². The van der Waals surface area contributed by atoms with Crippen LogP contribution in [0.2, 0.25) is 0 Å². The van der Waals surface area contributed by atoms with Crippen LogP contribution < -0.4 is 27.8 Å². The zero-order valence-electron chi connectivity index (χ0n) is 14.1. The highest BCUT2D eigenvalue weighted by molar-refractivity contribution is 5.95. The summed E-state index contributed by atoms with van der Waals surface area (Å²) in [5.74, 6) is -3.28. The number of nitrogens with one attached hydrogen (secondary N) is 2. The van der Waals surface area contributed by atoms with Gasteiger partial charge in [-0.3, -0.25) is 19.2 Å². The molecule has 0 saturated carbocycles. The van der Waals surface area contributed by atoms with Crippen LogP contribution in [0.25, 0.3) is 0 Å². The molecular weight excluding hydrogens is 342 g/mol. The first kappa shape index (κ1) is 21.1. The standard InChI is InChI=1S/C16H23N5O5/c17-10(8-22)15(25)21-12(7-13(18)23)16(26)20-11(14(19)24)6-9-4-2-1-3-5-9/h1-5,10-12,22H,6-8,17H2,(H2,18,23)(H2,19,24)(H,20,26)(H,21,25). The molecule has 0 saturated heterocycles. The molecule has 0 aliphatic rings. The first-order chi connectivity index (χ1) is 12.2. The third-order valence-corrected chi connectivity index (χ3v) is 3.51. The third kappa shape index (κ3) is 6.87. The van der Waals surface area contributed by atoms with Crippen LogP contribution in [0.3, 0.4) is 0 Å². The van der Waals surface area contributed by atoms with Crippen molar-refractivity contribution in [1.29, 1.82) is 0 Å². The van der Waals surface area contributed by atoms with E-state index in [1.54, 1.807) is 30.3 Å². The van der Waals surface area contributed by atoms with Gasteiger partial charge in [-0.2, -0.15) is 0 Å². The lowest BCUT2D eigenvalue weighted by Crippen LogP contribution is -2.57. The summed E-state index contributed by atoms with van der Waals surface area (Å²) in [6.45, 7) is -0.644. The number of amides is 4. The van der Waals surface area contributed by atoms with Gasteiger partial charge in [0.05, 0.1) is 13.0 Å².